The number of rotatable bonds is 5. The first-order valence-electron chi connectivity index (χ1n) is 13.9. The van der Waals surface area contributed by atoms with E-state index in [-0.39, 0.29) is 17.9 Å². The maximum absolute atomic E-state index is 12.8. The van der Waals surface area contributed by atoms with Crippen molar-refractivity contribution in [2.45, 2.75) is 97.2 Å². The molecule has 3 aliphatic heterocycles. The zero-order valence-electron chi connectivity index (χ0n) is 25.1. The van der Waals surface area contributed by atoms with Crippen molar-refractivity contribution >= 4 is 28.8 Å². The Morgan fingerprint density at radius 3 is 2.25 bits per heavy atom. The Hall–Kier alpha value is -2.59. The average molecular weight is 577 g/mol. The van der Waals surface area contributed by atoms with Crippen molar-refractivity contribution in [2.75, 3.05) is 13.2 Å². The second-order valence-corrected chi connectivity index (χ2v) is 13.5. The number of hydrogen-bond donors (Lipinski definition) is 0. The van der Waals surface area contributed by atoms with Crippen LogP contribution in [0.25, 0.3) is 5.53 Å². The number of nitrogens with zero attached hydrogens (tertiary/aromatic N) is 4. The molecule has 4 rings (SSSR count). The van der Waals surface area contributed by atoms with Crippen LogP contribution < -0.4 is 0 Å². The second kappa shape index (κ2) is 12.5. The molecule has 10 nitrogen and oxygen atoms in total. The summed E-state index contributed by atoms with van der Waals surface area (Å²) in [7, 11) is 0. The summed E-state index contributed by atoms with van der Waals surface area (Å²) in [5.41, 5.74) is 7.96. The lowest BCUT2D eigenvalue weighted by Crippen LogP contribution is -2.51. The van der Waals surface area contributed by atoms with E-state index in [0.717, 1.165) is 6.42 Å². The summed E-state index contributed by atoms with van der Waals surface area (Å²) in [6, 6.07) is 8.48. The molecule has 5 unspecified atom stereocenters. The molecule has 11 heteroatoms. The van der Waals surface area contributed by atoms with Crippen molar-refractivity contribution in [3.8, 4) is 0 Å². The highest BCUT2D eigenvalue weighted by molar-refractivity contribution is 7.80. The fourth-order valence-electron chi connectivity index (χ4n) is 6.15. The van der Waals surface area contributed by atoms with Gasteiger partial charge in [-0.1, -0.05) is 52.8 Å². The molecule has 3 heterocycles. The summed E-state index contributed by atoms with van der Waals surface area (Å²) in [5, 5.41) is 0. The maximum atomic E-state index is 12.8. The van der Waals surface area contributed by atoms with Gasteiger partial charge in [-0.3, -0.25) is 14.5 Å². The minimum absolute atomic E-state index is 0.151. The van der Waals surface area contributed by atoms with Crippen LogP contribution in [0.4, 0.5) is 0 Å². The van der Waals surface area contributed by atoms with Crippen LogP contribution in [0.2, 0.25) is 0 Å². The van der Waals surface area contributed by atoms with Gasteiger partial charge in [0.15, 0.2) is 0 Å². The lowest BCUT2D eigenvalue weighted by atomic mass is 9.82. The van der Waals surface area contributed by atoms with Crippen LogP contribution >= 0.6 is 0 Å². The van der Waals surface area contributed by atoms with Crippen molar-refractivity contribution in [3.05, 3.63) is 35.9 Å². The average Bonchev–Trinajstić information content (AvgIpc) is 3.45. The molecule has 1 aromatic carbocycles. The van der Waals surface area contributed by atoms with E-state index in [2.05, 4.69) is 39.4 Å². The first-order chi connectivity index (χ1) is 18.6. The minimum Gasteiger partial charge on any atom is -0.357 e. The lowest BCUT2D eigenvalue weighted by molar-refractivity contribution is -0.146. The molecule has 5 atom stereocenters. The van der Waals surface area contributed by atoms with Crippen molar-refractivity contribution < 1.29 is 32.2 Å². The molecule has 222 valence electrons. The Balaban J connectivity index is 0.000000249. The van der Waals surface area contributed by atoms with Crippen molar-refractivity contribution in [1.29, 1.82) is 0 Å². The summed E-state index contributed by atoms with van der Waals surface area (Å²) >= 11 is -1.96. The molecule has 40 heavy (non-hydrogen) atoms. The van der Waals surface area contributed by atoms with Gasteiger partial charge in [-0.2, -0.15) is 0 Å². The molecular formula is C29H44N4O6S. The molecule has 0 aliphatic carbocycles. The van der Waals surface area contributed by atoms with Crippen LogP contribution in [-0.4, -0.2) is 73.3 Å². The number of benzene rings is 1. The molecule has 1 aromatic rings. The third-order valence-corrected chi connectivity index (χ3v) is 8.80. The molecular weight excluding hydrogens is 532 g/mol. The van der Waals surface area contributed by atoms with Crippen molar-refractivity contribution in [2.24, 2.45) is 23.7 Å². The zero-order chi connectivity index (χ0) is 30.0. The van der Waals surface area contributed by atoms with Gasteiger partial charge in [-0.15, -0.1) is 4.79 Å². The molecule has 0 radical (unpaired) electrons. The predicted octanol–water partition coefficient (Wildman–Crippen LogP) is 4.24. The SMILES string of the molecule is CC(C)C1C(C)C(=O)N2C1COC2(C)C.CC(C)CC1COC(C)(C)N1C(=O)C(=[N+]=[N-])OS(=O)c1ccccc1. The monoisotopic (exact) mass is 576 g/mol. The number of carbonyl (C=O) groups excluding carboxylic acids is 2. The van der Waals surface area contributed by atoms with Gasteiger partial charge < -0.3 is 24.1 Å². The van der Waals surface area contributed by atoms with E-state index in [4.69, 9.17) is 13.7 Å². The van der Waals surface area contributed by atoms with Crippen molar-refractivity contribution in [3.63, 3.8) is 0 Å². The van der Waals surface area contributed by atoms with Gasteiger partial charge in [-0.05, 0) is 64.0 Å². The topological polar surface area (TPSA) is 122 Å². The number of carbonyl (C=O) groups is 2. The maximum Gasteiger partial charge on any atom is 0.555 e. The van der Waals surface area contributed by atoms with E-state index < -0.39 is 34.3 Å². The highest BCUT2D eigenvalue weighted by atomic mass is 32.2. The first-order valence-corrected chi connectivity index (χ1v) is 15.0. The number of ether oxygens (including phenoxy) is 2. The Morgan fingerprint density at radius 2 is 1.70 bits per heavy atom. The highest BCUT2D eigenvalue weighted by Gasteiger charge is 2.56. The van der Waals surface area contributed by atoms with E-state index in [9.17, 15) is 19.3 Å². The molecule has 3 aliphatic rings. The van der Waals surface area contributed by atoms with E-state index in [1.54, 1.807) is 44.2 Å². The molecule has 3 saturated heterocycles. The van der Waals surface area contributed by atoms with Gasteiger partial charge >= 0.3 is 11.8 Å². The van der Waals surface area contributed by atoms with Gasteiger partial charge in [0.1, 0.15) is 11.4 Å². The molecule has 0 saturated carbocycles. The van der Waals surface area contributed by atoms with Gasteiger partial charge in [0.05, 0.1) is 30.2 Å². The number of amides is 2. The quantitative estimate of drug-likeness (QED) is 0.224. The van der Waals surface area contributed by atoms with E-state index in [1.807, 2.05) is 18.7 Å². The summed E-state index contributed by atoms with van der Waals surface area (Å²) in [6.07, 6.45) is 0.732. The Kier molecular flexibility index (Phi) is 9.99. The van der Waals surface area contributed by atoms with Crippen LogP contribution in [-0.2, 0) is 34.3 Å². The van der Waals surface area contributed by atoms with E-state index in [0.29, 0.717) is 41.9 Å². The number of fused-ring (bicyclic) bond motifs is 1. The summed E-state index contributed by atoms with van der Waals surface area (Å²) < 4.78 is 28.8. The second-order valence-electron chi connectivity index (χ2n) is 12.4. The zero-order valence-corrected chi connectivity index (χ0v) is 25.9. The molecule has 0 aromatic heterocycles. The van der Waals surface area contributed by atoms with Crippen LogP contribution in [0.1, 0.15) is 68.7 Å². The summed E-state index contributed by atoms with van der Waals surface area (Å²) in [5.74, 6) is 0.483. The third-order valence-electron chi connectivity index (χ3n) is 7.84. The van der Waals surface area contributed by atoms with Gasteiger partial charge in [0.2, 0.25) is 17.0 Å². The van der Waals surface area contributed by atoms with Crippen molar-refractivity contribution in [1.82, 2.24) is 9.80 Å². The fourth-order valence-corrected chi connectivity index (χ4v) is 6.87. The molecule has 0 N–H and O–H groups in total. The predicted molar refractivity (Wildman–Crippen MR) is 151 cm³/mol. The van der Waals surface area contributed by atoms with Crippen LogP contribution in [0.3, 0.4) is 0 Å². The molecule has 0 bridgehead atoms. The van der Waals surface area contributed by atoms with E-state index >= 15 is 0 Å². The third kappa shape index (κ3) is 6.65. The van der Waals surface area contributed by atoms with Crippen LogP contribution in [0.5, 0.6) is 0 Å². The number of hydrogen-bond acceptors (Lipinski definition) is 6. The van der Waals surface area contributed by atoms with Gasteiger partial charge in [0.25, 0.3) is 0 Å². The Labute approximate surface area is 240 Å². The lowest BCUT2D eigenvalue weighted by Gasteiger charge is -2.32. The molecule has 2 amide bonds. The van der Waals surface area contributed by atoms with E-state index in [1.165, 1.54) is 4.90 Å². The normalized spacial score (nSPS) is 27.2. The highest BCUT2D eigenvalue weighted by Crippen LogP contribution is 2.44. The van der Waals surface area contributed by atoms with Crippen LogP contribution in [0.15, 0.2) is 35.2 Å². The smallest absolute Gasteiger partial charge is 0.357 e. The summed E-state index contributed by atoms with van der Waals surface area (Å²) in [4.78, 5) is 31.8. The van der Waals surface area contributed by atoms with Crippen LogP contribution in [0, 0.1) is 23.7 Å². The first kappa shape index (κ1) is 31.9. The molecule has 3 fully saturated rings. The van der Waals surface area contributed by atoms with Gasteiger partial charge in [-0.25, -0.2) is 4.21 Å². The standard InChI is InChI=1S/C17H23N3O4S.C12H21NO2/c1-12(2)10-13-11-23-17(3,4)20(13)16(21)15(19-18)24-25(22)14-8-6-5-7-9-14;1-7(2)10-8(3)11(14)13-9(10)6-15-12(13,4)5/h5-9,12-13H,10-11H2,1-4H3;7-10H,6H2,1-5H3. The minimum atomic E-state index is -1.96. The van der Waals surface area contributed by atoms with Gasteiger partial charge in [0, 0.05) is 5.92 Å². The Morgan fingerprint density at radius 1 is 1.10 bits per heavy atom. The fraction of sp³-hybridized carbons (Fsp3) is 0.690. The summed E-state index contributed by atoms with van der Waals surface area (Å²) in [6.45, 7) is 19.1. The largest absolute Gasteiger partial charge is 0.555 e. The Bertz CT molecular complexity index is 1150. The molecule has 0 spiro atoms.